The number of rotatable bonds is 4. The predicted octanol–water partition coefficient (Wildman–Crippen LogP) is 2.92. The lowest BCUT2D eigenvalue weighted by Gasteiger charge is -2.34. The Labute approximate surface area is 127 Å². The van der Waals surface area contributed by atoms with Gasteiger partial charge in [-0.25, -0.2) is 0 Å². The smallest absolute Gasteiger partial charge is 0.270 e. The van der Waals surface area contributed by atoms with E-state index in [0.29, 0.717) is 5.92 Å². The van der Waals surface area contributed by atoms with Crippen LogP contribution in [0.3, 0.4) is 0 Å². The van der Waals surface area contributed by atoms with Crippen molar-refractivity contribution in [2.45, 2.75) is 32.4 Å². The van der Waals surface area contributed by atoms with Gasteiger partial charge in [-0.05, 0) is 43.9 Å². The number of hydrogen-bond acceptors (Lipinski definition) is 4. The minimum Gasteiger partial charge on any atom is -0.328 e. The van der Waals surface area contributed by atoms with E-state index in [1.807, 2.05) is 6.07 Å². The number of nitrogens with zero attached hydrogens (tertiary/aromatic N) is 2. The van der Waals surface area contributed by atoms with E-state index in [1.54, 1.807) is 12.1 Å². The molecule has 0 aliphatic carbocycles. The van der Waals surface area contributed by atoms with Gasteiger partial charge in [0.25, 0.3) is 5.69 Å². The van der Waals surface area contributed by atoms with E-state index in [4.69, 9.17) is 5.73 Å². The van der Waals surface area contributed by atoms with Crippen molar-refractivity contribution in [3.63, 3.8) is 0 Å². The Bertz CT molecular complexity index is 493. The molecule has 2 rings (SSSR count). The van der Waals surface area contributed by atoms with Crippen LogP contribution in [-0.2, 0) is 6.54 Å². The van der Waals surface area contributed by atoms with Crippen LogP contribution in [0, 0.1) is 16.0 Å². The molecular formula is C14H20BrN3O2. The lowest BCUT2D eigenvalue weighted by atomic mass is 9.92. The van der Waals surface area contributed by atoms with Crippen LogP contribution in [-0.4, -0.2) is 29.0 Å². The largest absolute Gasteiger partial charge is 0.328 e. The summed E-state index contributed by atoms with van der Waals surface area (Å²) in [6, 6.07) is 5.19. The SMILES string of the molecule is CC(N)C1CCCN(Cc2ccc([N+](=O)[O-])cc2Br)C1. The molecule has 1 heterocycles. The maximum atomic E-state index is 10.7. The molecule has 1 aromatic carbocycles. The number of non-ortho nitro benzene ring substituents is 1. The highest BCUT2D eigenvalue weighted by molar-refractivity contribution is 9.10. The van der Waals surface area contributed by atoms with Crippen LogP contribution in [0.25, 0.3) is 0 Å². The maximum absolute atomic E-state index is 10.7. The standard InChI is InChI=1S/C14H20BrN3O2/c1-10(16)11-3-2-6-17(8-11)9-12-4-5-13(18(19)20)7-14(12)15/h4-5,7,10-11H,2-3,6,8-9,16H2,1H3. The zero-order valence-electron chi connectivity index (χ0n) is 11.6. The fraction of sp³-hybridized carbons (Fsp3) is 0.571. The number of likely N-dealkylation sites (tertiary alicyclic amines) is 1. The molecule has 2 atom stereocenters. The zero-order chi connectivity index (χ0) is 14.7. The van der Waals surface area contributed by atoms with Crippen molar-refractivity contribution in [2.24, 2.45) is 11.7 Å². The van der Waals surface area contributed by atoms with Crippen molar-refractivity contribution in [3.05, 3.63) is 38.3 Å². The summed E-state index contributed by atoms with van der Waals surface area (Å²) < 4.78 is 0.801. The molecule has 1 fully saturated rings. The summed E-state index contributed by atoms with van der Waals surface area (Å²) in [7, 11) is 0. The summed E-state index contributed by atoms with van der Waals surface area (Å²) in [4.78, 5) is 12.7. The van der Waals surface area contributed by atoms with E-state index in [-0.39, 0.29) is 16.7 Å². The maximum Gasteiger partial charge on any atom is 0.270 e. The van der Waals surface area contributed by atoms with Gasteiger partial charge in [-0.2, -0.15) is 0 Å². The summed E-state index contributed by atoms with van der Waals surface area (Å²) in [6.45, 7) is 4.94. The second-order valence-corrected chi connectivity index (χ2v) is 6.38. The van der Waals surface area contributed by atoms with Crippen LogP contribution in [0.2, 0.25) is 0 Å². The summed E-state index contributed by atoms with van der Waals surface area (Å²) in [5.74, 6) is 0.542. The first-order valence-corrected chi connectivity index (χ1v) is 7.67. The van der Waals surface area contributed by atoms with Crippen molar-refractivity contribution in [1.29, 1.82) is 0 Å². The first kappa shape index (κ1) is 15.4. The lowest BCUT2D eigenvalue weighted by molar-refractivity contribution is -0.384. The van der Waals surface area contributed by atoms with Gasteiger partial charge in [0.15, 0.2) is 0 Å². The van der Waals surface area contributed by atoms with Crippen LogP contribution in [0.15, 0.2) is 22.7 Å². The van der Waals surface area contributed by atoms with Gasteiger partial charge in [0.2, 0.25) is 0 Å². The highest BCUT2D eigenvalue weighted by Gasteiger charge is 2.23. The van der Waals surface area contributed by atoms with Crippen LogP contribution in [0.5, 0.6) is 0 Å². The number of nitrogens with two attached hydrogens (primary N) is 1. The van der Waals surface area contributed by atoms with Gasteiger partial charge >= 0.3 is 0 Å². The molecule has 1 saturated heterocycles. The third-order valence-corrected chi connectivity index (χ3v) is 4.67. The number of hydrogen-bond donors (Lipinski definition) is 1. The second-order valence-electron chi connectivity index (χ2n) is 5.53. The van der Waals surface area contributed by atoms with E-state index in [2.05, 4.69) is 27.8 Å². The van der Waals surface area contributed by atoms with Crippen molar-refractivity contribution >= 4 is 21.6 Å². The summed E-state index contributed by atoms with van der Waals surface area (Å²) in [6.07, 6.45) is 2.35. The van der Waals surface area contributed by atoms with Crippen molar-refractivity contribution in [2.75, 3.05) is 13.1 Å². The Kier molecular flexibility index (Phi) is 5.12. The van der Waals surface area contributed by atoms with E-state index in [9.17, 15) is 10.1 Å². The van der Waals surface area contributed by atoms with Gasteiger partial charge in [0.1, 0.15) is 0 Å². The molecule has 1 aliphatic rings. The van der Waals surface area contributed by atoms with Crippen LogP contribution < -0.4 is 5.73 Å². The fourth-order valence-corrected chi connectivity index (χ4v) is 3.18. The summed E-state index contributed by atoms with van der Waals surface area (Å²) in [5, 5.41) is 10.7. The Hall–Kier alpha value is -0.980. The summed E-state index contributed by atoms with van der Waals surface area (Å²) >= 11 is 3.43. The normalized spacial score (nSPS) is 21.6. The molecular weight excluding hydrogens is 322 g/mol. The van der Waals surface area contributed by atoms with Crippen molar-refractivity contribution in [1.82, 2.24) is 4.90 Å². The molecule has 6 heteroatoms. The molecule has 0 radical (unpaired) electrons. The molecule has 0 spiro atoms. The van der Waals surface area contributed by atoms with Crippen molar-refractivity contribution in [3.8, 4) is 0 Å². The van der Waals surface area contributed by atoms with Gasteiger partial charge in [-0.3, -0.25) is 15.0 Å². The third kappa shape index (κ3) is 3.77. The molecule has 0 amide bonds. The van der Waals surface area contributed by atoms with Crippen LogP contribution >= 0.6 is 15.9 Å². The Morgan fingerprint density at radius 3 is 2.95 bits per heavy atom. The van der Waals surface area contributed by atoms with Gasteiger partial charge in [0.05, 0.1) is 4.92 Å². The predicted molar refractivity (Wildman–Crippen MR) is 82.4 cm³/mol. The first-order chi connectivity index (χ1) is 9.47. The van der Waals surface area contributed by atoms with Crippen LogP contribution in [0.4, 0.5) is 5.69 Å². The number of nitro groups is 1. The van der Waals surface area contributed by atoms with Gasteiger partial charge in [0, 0.05) is 35.7 Å². The highest BCUT2D eigenvalue weighted by atomic mass is 79.9. The molecule has 0 saturated carbocycles. The van der Waals surface area contributed by atoms with Crippen molar-refractivity contribution < 1.29 is 4.92 Å². The molecule has 20 heavy (non-hydrogen) atoms. The Morgan fingerprint density at radius 1 is 1.60 bits per heavy atom. The first-order valence-electron chi connectivity index (χ1n) is 6.88. The fourth-order valence-electron chi connectivity index (χ4n) is 2.68. The topological polar surface area (TPSA) is 72.4 Å². The van der Waals surface area contributed by atoms with Gasteiger partial charge in [-0.1, -0.05) is 15.9 Å². The molecule has 0 aromatic heterocycles. The summed E-state index contributed by atoms with van der Waals surface area (Å²) in [5.41, 5.74) is 7.20. The molecule has 110 valence electrons. The minimum atomic E-state index is -0.373. The van der Waals surface area contributed by atoms with E-state index in [0.717, 1.165) is 36.1 Å². The quantitative estimate of drug-likeness (QED) is 0.675. The van der Waals surface area contributed by atoms with E-state index < -0.39 is 0 Å². The van der Waals surface area contributed by atoms with Gasteiger partial charge in [-0.15, -0.1) is 0 Å². The Balaban J connectivity index is 2.04. The lowest BCUT2D eigenvalue weighted by Crippen LogP contribution is -2.41. The molecule has 0 bridgehead atoms. The minimum absolute atomic E-state index is 0.118. The third-order valence-electron chi connectivity index (χ3n) is 3.93. The van der Waals surface area contributed by atoms with E-state index >= 15 is 0 Å². The average molecular weight is 342 g/mol. The van der Waals surface area contributed by atoms with Crippen LogP contribution in [0.1, 0.15) is 25.3 Å². The molecule has 1 aliphatic heterocycles. The van der Waals surface area contributed by atoms with E-state index in [1.165, 1.54) is 6.42 Å². The number of halogens is 1. The molecule has 1 aromatic rings. The number of benzene rings is 1. The number of nitro benzene ring substituents is 1. The molecule has 2 unspecified atom stereocenters. The number of piperidine rings is 1. The average Bonchev–Trinajstić information content (AvgIpc) is 2.41. The monoisotopic (exact) mass is 341 g/mol. The van der Waals surface area contributed by atoms with Gasteiger partial charge < -0.3 is 5.73 Å². The highest BCUT2D eigenvalue weighted by Crippen LogP contribution is 2.26. The molecule has 5 nitrogen and oxygen atoms in total. The Morgan fingerprint density at radius 2 is 2.35 bits per heavy atom. The second kappa shape index (κ2) is 6.65. The molecule has 2 N–H and O–H groups in total. The zero-order valence-corrected chi connectivity index (χ0v) is 13.2.